The number of alkyl halides is 3. The van der Waals surface area contributed by atoms with Crippen molar-refractivity contribution < 1.29 is 35.9 Å². The molecule has 2 heterocycles. The summed E-state index contributed by atoms with van der Waals surface area (Å²) in [5.41, 5.74) is -0.00745. The molecule has 0 fully saturated rings. The molecule has 0 radical (unpaired) electrons. The molecule has 0 spiro atoms. The first-order valence-corrected chi connectivity index (χ1v) is 11.8. The number of thiophene rings is 1. The Morgan fingerprint density at radius 3 is 2.71 bits per heavy atom. The van der Waals surface area contributed by atoms with E-state index in [0.29, 0.717) is 10.4 Å². The Morgan fingerprint density at radius 1 is 1.29 bits per heavy atom. The summed E-state index contributed by atoms with van der Waals surface area (Å²) >= 11 is 0.980. The van der Waals surface area contributed by atoms with Crippen molar-refractivity contribution >= 4 is 44.1 Å². The van der Waals surface area contributed by atoms with Crippen molar-refractivity contribution in [3.05, 3.63) is 57.5 Å². The molecule has 2 aromatic rings. The van der Waals surface area contributed by atoms with E-state index in [4.69, 9.17) is 4.74 Å². The predicted octanol–water partition coefficient (Wildman–Crippen LogP) is 4.07. The quantitative estimate of drug-likeness (QED) is 0.523. The molecule has 1 aliphatic rings. The maximum Gasteiger partial charge on any atom is 0.416 e. The number of hydrogen-bond acceptors (Lipinski definition) is 6. The normalized spacial score (nSPS) is 15.5. The second-order valence-corrected chi connectivity index (χ2v) is 10.0. The maximum atomic E-state index is 12.8. The molecule has 0 atom stereocenters. The van der Waals surface area contributed by atoms with Gasteiger partial charge in [-0.05, 0) is 42.7 Å². The molecule has 1 aromatic heterocycles. The molecule has 31 heavy (non-hydrogen) atoms. The van der Waals surface area contributed by atoms with Gasteiger partial charge in [0, 0.05) is 11.0 Å². The minimum Gasteiger partial charge on any atom is -0.462 e. The number of carbonyl (C=O) groups excluding carboxylic acids is 2. The number of hydrogen-bond donors (Lipinski definition) is 1. The molecule has 1 amide bonds. The van der Waals surface area contributed by atoms with Gasteiger partial charge in [0.2, 0.25) is 5.91 Å². The molecule has 3 rings (SSSR count). The van der Waals surface area contributed by atoms with E-state index >= 15 is 0 Å². The zero-order valence-corrected chi connectivity index (χ0v) is 17.9. The monoisotopic (exact) mass is 473 g/mol. The molecule has 0 bridgehead atoms. The summed E-state index contributed by atoms with van der Waals surface area (Å²) < 4.78 is 67.3. The van der Waals surface area contributed by atoms with Gasteiger partial charge in [-0.1, -0.05) is 12.1 Å². The zero-order chi connectivity index (χ0) is 22.8. The first-order valence-electron chi connectivity index (χ1n) is 9.18. The van der Waals surface area contributed by atoms with Gasteiger partial charge in [0.05, 0.1) is 29.2 Å². The highest BCUT2D eigenvalue weighted by Gasteiger charge is 2.32. The van der Waals surface area contributed by atoms with Gasteiger partial charge in [-0.15, -0.1) is 11.3 Å². The van der Waals surface area contributed by atoms with Crippen molar-refractivity contribution in [2.24, 2.45) is 0 Å². The minimum atomic E-state index is -4.50. The summed E-state index contributed by atoms with van der Waals surface area (Å²) in [6.45, 7) is 1.72. The van der Waals surface area contributed by atoms with Crippen LogP contribution in [0.5, 0.6) is 0 Å². The van der Waals surface area contributed by atoms with Gasteiger partial charge in [-0.3, -0.25) is 4.79 Å². The van der Waals surface area contributed by atoms with Crippen LogP contribution in [0.4, 0.5) is 18.2 Å². The number of amides is 1. The Bertz CT molecular complexity index is 1150. The third-order valence-electron chi connectivity index (χ3n) is 4.46. The summed E-state index contributed by atoms with van der Waals surface area (Å²) in [6.07, 6.45) is -2.11. The fraction of sp³-hybridized carbons (Fsp3) is 0.300. The summed E-state index contributed by atoms with van der Waals surface area (Å²) in [7, 11) is -3.29. The largest absolute Gasteiger partial charge is 0.462 e. The van der Waals surface area contributed by atoms with E-state index in [1.807, 2.05) is 0 Å². The standard InChI is InChI=1S/C20H18F3NO5S2/c1-2-29-19(26)17-14-8-9-31(27,28)11-15(14)30-18(17)24-16(25)7-6-12-4-3-5-13(10-12)20(21,22)23/h3-7,10H,2,8-9,11H2,1H3,(H,24,25)/b7-6+. The molecular weight excluding hydrogens is 455 g/mol. The second kappa shape index (κ2) is 8.83. The second-order valence-electron chi connectivity index (χ2n) is 6.72. The fourth-order valence-electron chi connectivity index (χ4n) is 3.07. The lowest BCUT2D eigenvalue weighted by molar-refractivity contribution is -0.137. The number of sulfone groups is 1. The van der Waals surface area contributed by atoms with Crippen LogP contribution in [0.3, 0.4) is 0 Å². The van der Waals surface area contributed by atoms with Crippen LogP contribution >= 0.6 is 11.3 Å². The van der Waals surface area contributed by atoms with Crippen LogP contribution < -0.4 is 5.32 Å². The van der Waals surface area contributed by atoms with Crippen LogP contribution in [0, 0.1) is 0 Å². The lowest BCUT2D eigenvalue weighted by Gasteiger charge is -2.13. The van der Waals surface area contributed by atoms with Gasteiger partial charge >= 0.3 is 12.1 Å². The zero-order valence-electron chi connectivity index (χ0n) is 16.3. The average molecular weight is 473 g/mol. The number of esters is 1. The van der Waals surface area contributed by atoms with E-state index in [9.17, 15) is 31.2 Å². The molecule has 0 saturated heterocycles. The predicted molar refractivity (Wildman–Crippen MR) is 111 cm³/mol. The summed E-state index contributed by atoms with van der Waals surface area (Å²) in [5.74, 6) is -1.68. The summed E-state index contributed by atoms with van der Waals surface area (Å²) in [5, 5.41) is 2.68. The third kappa shape index (κ3) is 5.53. The van der Waals surface area contributed by atoms with Crippen LogP contribution in [0.1, 0.15) is 38.8 Å². The molecule has 0 aliphatic carbocycles. The Balaban J connectivity index is 1.85. The molecule has 0 unspecified atom stereocenters. The highest BCUT2D eigenvalue weighted by Crippen LogP contribution is 2.38. The fourth-order valence-corrected chi connectivity index (χ4v) is 6.12. The molecule has 166 valence electrons. The lowest BCUT2D eigenvalue weighted by atomic mass is 10.1. The van der Waals surface area contributed by atoms with Gasteiger partial charge in [-0.2, -0.15) is 13.2 Å². The summed E-state index contributed by atoms with van der Waals surface area (Å²) in [4.78, 5) is 25.2. The Hall–Kier alpha value is -2.66. The number of rotatable bonds is 5. The number of carbonyl (C=O) groups is 2. The molecule has 0 saturated carbocycles. The number of benzene rings is 1. The molecule has 1 N–H and O–H groups in total. The number of nitrogens with one attached hydrogen (secondary N) is 1. The van der Waals surface area contributed by atoms with Crippen molar-refractivity contribution in [3.63, 3.8) is 0 Å². The van der Waals surface area contributed by atoms with E-state index in [1.165, 1.54) is 18.2 Å². The Morgan fingerprint density at radius 2 is 2.03 bits per heavy atom. The van der Waals surface area contributed by atoms with Crippen LogP contribution in [0.15, 0.2) is 30.3 Å². The summed E-state index contributed by atoms with van der Waals surface area (Å²) in [6, 6.07) is 4.47. The molecular formula is C20H18F3NO5S2. The van der Waals surface area contributed by atoms with Gasteiger partial charge in [0.25, 0.3) is 0 Å². The molecule has 6 nitrogen and oxygen atoms in total. The smallest absolute Gasteiger partial charge is 0.416 e. The van der Waals surface area contributed by atoms with Crippen LogP contribution in [-0.4, -0.2) is 32.7 Å². The van der Waals surface area contributed by atoms with Gasteiger partial charge in [0.15, 0.2) is 9.84 Å². The number of fused-ring (bicyclic) bond motifs is 1. The van der Waals surface area contributed by atoms with Crippen molar-refractivity contribution in [2.45, 2.75) is 25.3 Å². The van der Waals surface area contributed by atoms with Crippen LogP contribution in [0.25, 0.3) is 6.08 Å². The average Bonchev–Trinajstić information content (AvgIpc) is 3.01. The Labute approximate surface area is 180 Å². The van der Waals surface area contributed by atoms with E-state index < -0.39 is 33.5 Å². The first kappa shape index (κ1) is 23.0. The van der Waals surface area contributed by atoms with Crippen LogP contribution in [0.2, 0.25) is 0 Å². The number of halogens is 3. The van der Waals surface area contributed by atoms with Crippen molar-refractivity contribution in [1.82, 2.24) is 0 Å². The highest BCUT2D eigenvalue weighted by molar-refractivity contribution is 7.90. The third-order valence-corrected chi connectivity index (χ3v) is 7.35. The van der Waals surface area contributed by atoms with E-state index in [2.05, 4.69) is 5.32 Å². The lowest BCUT2D eigenvalue weighted by Crippen LogP contribution is -2.20. The Kier molecular flexibility index (Phi) is 6.56. The van der Waals surface area contributed by atoms with Gasteiger partial charge < -0.3 is 10.1 Å². The topological polar surface area (TPSA) is 89.5 Å². The minimum absolute atomic E-state index is 0.102. The molecule has 11 heteroatoms. The van der Waals surface area contributed by atoms with E-state index in [1.54, 1.807) is 6.92 Å². The van der Waals surface area contributed by atoms with E-state index in [-0.39, 0.29) is 40.7 Å². The van der Waals surface area contributed by atoms with Crippen molar-refractivity contribution in [3.8, 4) is 0 Å². The van der Waals surface area contributed by atoms with Crippen LogP contribution in [-0.2, 0) is 37.7 Å². The SMILES string of the molecule is CCOC(=O)c1c(NC(=O)/C=C/c2cccc(C(F)(F)F)c2)sc2c1CCS(=O)(=O)C2. The number of ether oxygens (including phenoxy) is 1. The molecule has 1 aromatic carbocycles. The van der Waals surface area contributed by atoms with Crippen molar-refractivity contribution in [1.29, 1.82) is 0 Å². The van der Waals surface area contributed by atoms with Gasteiger partial charge in [0.1, 0.15) is 5.00 Å². The van der Waals surface area contributed by atoms with Gasteiger partial charge in [-0.25, -0.2) is 13.2 Å². The first-order chi connectivity index (χ1) is 14.5. The maximum absolute atomic E-state index is 12.8. The molecule has 1 aliphatic heterocycles. The van der Waals surface area contributed by atoms with E-state index in [0.717, 1.165) is 29.5 Å². The highest BCUT2D eigenvalue weighted by atomic mass is 32.2. The van der Waals surface area contributed by atoms with Crippen molar-refractivity contribution in [2.75, 3.05) is 17.7 Å². The number of anilines is 1.